The van der Waals surface area contributed by atoms with Crippen molar-refractivity contribution in [3.63, 3.8) is 0 Å². The minimum absolute atomic E-state index is 0.160. The van der Waals surface area contributed by atoms with Crippen molar-refractivity contribution >= 4 is 29.1 Å². The first-order chi connectivity index (χ1) is 9.95. The normalized spacial score (nSPS) is 11.7. The number of nitrogens with zero attached hydrogens (tertiary/aromatic N) is 1. The largest absolute Gasteiger partial charge is 0.480 e. The Morgan fingerprint density at radius 3 is 2.67 bits per heavy atom. The van der Waals surface area contributed by atoms with Crippen molar-refractivity contribution in [2.24, 2.45) is 0 Å². The summed E-state index contributed by atoms with van der Waals surface area (Å²) in [7, 11) is 1.52. The highest BCUT2D eigenvalue weighted by Crippen LogP contribution is 2.10. The summed E-state index contributed by atoms with van der Waals surface area (Å²) in [5.74, 6) is -1.77. The second-order valence-corrected chi connectivity index (χ2v) is 5.69. The van der Waals surface area contributed by atoms with E-state index in [1.807, 2.05) is 6.92 Å². The minimum Gasteiger partial charge on any atom is -0.480 e. The molecule has 0 saturated heterocycles. The van der Waals surface area contributed by atoms with Gasteiger partial charge in [0.2, 0.25) is 5.91 Å². The lowest BCUT2D eigenvalue weighted by atomic mass is 10.1. The first kappa shape index (κ1) is 17.2. The summed E-state index contributed by atoms with van der Waals surface area (Å²) < 4.78 is 0. The van der Waals surface area contributed by atoms with E-state index in [1.165, 1.54) is 23.3 Å². The van der Waals surface area contributed by atoms with Crippen molar-refractivity contribution in [1.29, 1.82) is 0 Å². The molecule has 0 aliphatic heterocycles. The molecule has 0 fully saturated rings. The van der Waals surface area contributed by atoms with E-state index < -0.39 is 17.9 Å². The molecule has 6 nitrogen and oxygen atoms in total. The van der Waals surface area contributed by atoms with E-state index in [0.29, 0.717) is 11.3 Å². The van der Waals surface area contributed by atoms with Gasteiger partial charge in [0.05, 0.1) is 11.4 Å². The Morgan fingerprint density at radius 1 is 1.43 bits per heavy atom. The molecule has 0 aliphatic rings. The highest BCUT2D eigenvalue weighted by Gasteiger charge is 2.21. The van der Waals surface area contributed by atoms with Crippen molar-refractivity contribution < 1.29 is 19.5 Å². The van der Waals surface area contributed by atoms with E-state index in [2.05, 4.69) is 5.32 Å². The number of likely N-dealkylation sites (N-methyl/N-ethyl adjacent to an activating group) is 1. The molecule has 116 valence electrons. The average Bonchev–Trinajstić information content (AvgIpc) is 2.96. The third-order valence-electron chi connectivity index (χ3n) is 2.94. The van der Waals surface area contributed by atoms with Crippen LogP contribution in [0.3, 0.4) is 0 Å². The van der Waals surface area contributed by atoms with Gasteiger partial charge >= 0.3 is 5.97 Å². The van der Waals surface area contributed by atoms with E-state index in [-0.39, 0.29) is 12.5 Å². The Morgan fingerprint density at radius 2 is 2.14 bits per heavy atom. The number of amides is 2. The number of nitrogens with one attached hydrogen (secondary N) is 1. The van der Waals surface area contributed by atoms with Gasteiger partial charge in [-0.25, -0.2) is 4.79 Å². The van der Waals surface area contributed by atoms with Gasteiger partial charge in [0.25, 0.3) is 5.91 Å². The van der Waals surface area contributed by atoms with Gasteiger partial charge in [-0.3, -0.25) is 9.59 Å². The molecule has 0 spiro atoms. The Bertz CT molecular complexity index is 487. The van der Waals surface area contributed by atoms with Crippen LogP contribution in [0.5, 0.6) is 0 Å². The average molecular weight is 312 g/mol. The van der Waals surface area contributed by atoms with Gasteiger partial charge in [0.15, 0.2) is 0 Å². The summed E-state index contributed by atoms with van der Waals surface area (Å²) in [5, 5.41) is 13.3. The third-order valence-corrected chi connectivity index (χ3v) is 3.80. The number of carbonyl (C=O) groups is 3. The molecule has 2 N–H and O–H groups in total. The number of rotatable bonds is 8. The lowest BCUT2D eigenvalue weighted by Gasteiger charge is -2.18. The Balaban J connectivity index is 2.51. The first-order valence-electron chi connectivity index (χ1n) is 6.76. The summed E-state index contributed by atoms with van der Waals surface area (Å²) in [6, 6.07) is 2.54. The van der Waals surface area contributed by atoms with Crippen LogP contribution in [0.25, 0.3) is 0 Å². The summed E-state index contributed by atoms with van der Waals surface area (Å²) in [5.41, 5.74) is 0. The van der Waals surface area contributed by atoms with Crippen LogP contribution in [0.2, 0.25) is 0 Å². The topological polar surface area (TPSA) is 86.7 Å². The molecular formula is C14H20N2O4S. The lowest BCUT2D eigenvalue weighted by Crippen LogP contribution is -2.45. The van der Waals surface area contributed by atoms with E-state index in [0.717, 1.165) is 12.8 Å². The number of carbonyl (C=O) groups excluding carboxylic acids is 2. The molecule has 1 rings (SSSR count). The molecule has 7 heteroatoms. The monoisotopic (exact) mass is 312 g/mol. The van der Waals surface area contributed by atoms with E-state index in [4.69, 9.17) is 5.11 Å². The molecule has 1 atom stereocenters. The van der Waals surface area contributed by atoms with Crippen LogP contribution >= 0.6 is 11.3 Å². The number of carboxylic acid groups (broad SMARTS) is 1. The van der Waals surface area contributed by atoms with Crippen molar-refractivity contribution in [2.45, 2.75) is 32.2 Å². The maximum absolute atomic E-state index is 12.0. The van der Waals surface area contributed by atoms with Crippen molar-refractivity contribution in [3.05, 3.63) is 22.4 Å². The zero-order valence-electron chi connectivity index (χ0n) is 12.2. The molecule has 21 heavy (non-hydrogen) atoms. The quantitative estimate of drug-likeness (QED) is 0.763. The number of aliphatic carboxylic acids is 1. The fourth-order valence-corrected chi connectivity index (χ4v) is 2.50. The number of hydrogen-bond acceptors (Lipinski definition) is 4. The molecule has 1 aromatic rings. The van der Waals surface area contributed by atoms with E-state index in [1.54, 1.807) is 17.5 Å². The Kier molecular flexibility index (Phi) is 6.87. The first-order valence-corrected chi connectivity index (χ1v) is 7.64. The summed E-state index contributed by atoms with van der Waals surface area (Å²) in [6.45, 7) is 1.79. The van der Waals surface area contributed by atoms with Gasteiger partial charge in [-0.2, -0.15) is 0 Å². The SMILES string of the molecule is CCCC[C@H](NC(=O)CN(C)C(=O)c1cccs1)C(=O)O. The molecular weight excluding hydrogens is 292 g/mol. The molecule has 1 aromatic heterocycles. The van der Waals surface area contributed by atoms with Crippen LogP contribution in [0.1, 0.15) is 35.9 Å². The molecule has 0 aliphatic carbocycles. The summed E-state index contributed by atoms with van der Waals surface area (Å²) >= 11 is 1.30. The second kappa shape index (κ2) is 8.41. The number of thiophene rings is 1. The van der Waals surface area contributed by atoms with Gasteiger partial charge in [-0.05, 0) is 17.9 Å². The van der Waals surface area contributed by atoms with Crippen LogP contribution in [0, 0.1) is 0 Å². The van der Waals surface area contributed by atoms with Gasteiger partial charge in [0, 0.05) is 7.05 Å². The van der Waals surface area contributed by atoms with Crippen LogP contribution in [0.4, 0.5) is 0 Å². The van der Waals surface area contributed by atoms with Gasteiger partial charge in [-0.1, -0.05) is 25.8 Å². The Hall–Kier alpha value is -1.89. The zero-order chi connectivity index (χ0) is 15.8. The van der Waals surface area contributed by atoms with Gasteiger partial charge in [0.1, 0.15) is 6.04 Å². The summed E-state index contributed by atoms with van der Waals surface area (Å²) in [4.78, 5) is 36.7. The van der Waals surface area contributed by atoms with Crippen LogP contribution < -0.4 is 5.32 Å². The van der Waals surface area contributed by atoms with Gasteiger partial charge < -0.3 is 15.3 Å². The van der Waals surface area contributed by atoms with E-state index >= 15 is 0 Å². The van der Waals surface area contributed by atoms with Crippen molar-refractivity contribution in [1.82, 2.24) is 10.2 Å². The number of carboxylic acids is 1. The highest BCUT2D eigenvalue weighted by molar-refractivity contribution is 7.12. The molecule has 0 aromatic carbocycles. The van der Waals surface area contributed by atoms with Crippen LogP contribution in [-0.4, -0.2) is 47.4 Å². The Labute approximate surface area is 127 Å². The fraction of sp³-hybridized carbons (Fsp3) is 0.500. The maximum Gasteiger partial charge on any atom is 0.326 e. The number of hydrogen-bond donors (Lipinski definition) is 2. The maximum atomic E-state index is 12.0. The van der Waals surface area contributed by atoms with Crippen LogP contribution in [-0.2, 0) is 9.59 Å². The standard InChI is InChI=1S/C14H20N2O4S/c1-3-4-6-10(14(19)20)15-12(17)9-16(2)13(18)11-7-5-8-21-11/h5,7-8,10H,3-4,6,9H2,1-2H3,(H,15,17)(H,19,20)/t10-/m0/s1. The smallest absolute Gasteiger partial charge is 0.326 e. The third kappa shape index (κ3) is 5.55. The highest BCUT2D eigenvalue weighted by atomic mass is 32.1. The zero-order valence-corrected chi connectivity index (χ0v) is 13.0. The van der Waals surface area contributed by atoms with Crippen molar-refractivity contribution in [2.75, 3.05) is 13.6 Å². The molecule has 0 unspecified atom stereocenters. The predicted molar refractivity (Wildman–Crippen MR) is 80.4 cm³/mol. The predicted octanol–water partition coefficient (Wildman–Crippen LogP) is 1.58. The van der Waals surface area contributed by atoms with Crippen LogP contribution in [0.15, 0.2) is 17.5 Å². The van der Waals surface area contributed by atoms with E-state index in [9.17, 15) is 14.4 Å². The summed E-state index contributed by atoms with van der Waals surface area (Å²) in [6.07, 6.45) is 1.97. The molecule has 0 saturated carbocycles. The van der Waals surface area contributed by atoms with Gasteiger partial charge in [-0.15, -0.1) is 11.3 Å². The molecule has 0 radical (unpaired) electrons. The fourth-order valence-electron chi connectivity index (χ4n) is 1.78. The molecule has 2 amide bonds. The minimum atomic E-state index is -1.05. The molecule has 0 bridgehead atoms. The number of unbranched alkanes of at least 4 members (excludes halogenated alkanes) is 1. The lowest BCUT2D eigenvalue weighted by molar-refractivity contribution is -0.142. The second-order valence-electron chi connectivity index (χ2n) is 4.74. The molecule has 1 heterocycles. The van der Waals surface area contributed by atoms with Crippen molar-refractivity contribution in [3.8, 4) is 0 Å².